The number of aromatic nitrogens is 5. The Hall–Kier alpha value is -6.66. The van der Waals surface area contributed by atoms with Gasteiger partial charge in [0, 0.05) is 45.6 Å². The minimum Gasteiger partial charge on any atom is -0.457 e. The molecule has 0 fully saturated rings. The second-order valence-corrected chi connectivity index (χ2v) is 14.4. The average molecular weight is 674 g/mol. The molecule has 250 valence electrons. The molecular formula is C46H35N5O. The van der Waals surface area contributed by atoms with Crippen molar-refractivity contribution in [3.63, 3.8) is 0 Å². The molecule has 4 heterocycles. The maximum absolute atomic E-state index is 6.61. The van der Waals surface area contributed by atoms with Crippen molar-refractivity contribution in [3.05, 3.63) is 164 Å². The van der Waals surface area contributed by atoms with E-state index in [9.17, 15) is 0 Å². The molecule has 0 atom stereocenters. The molecule has 0 aliphatic rings. The number of imidazole rings is 1. The van der Waals surface area contributed by atoms with Crippen LogP contribution in [0.3, 0.4) is 0 Å². The predicted octanol–water partition coefficient (Wildman–Crippen LogP) is 11.7. The Kier molecular flexibility index (Phi) is 6.64. The number of para-hydroxylation sites is 4. The van der Waals surface area contributed by atoms with Gasteiger partial charge in [-0.1, -0.05) is 75.4 Å². The van der Waals surface area contributed by atoms with Gasteiger partial charge >= 0.3 is 0 Å². The molecule has 0 radical (unpaired) electrons. The van der Waals surface area contributed by atoms with Crippen LogP contribution in [0.2, 0.25) is 0 Å². The normalized spacial score (nSPS) is 12.1. The topological polar surface area (TPSA) is 49.8 Å². The molecule has 0 spiro atoms. The highest BCUT2D eigenvalue weighted by Gasteiger charge is 2.20. The van der Waals surface area contributed by atoms with Crippen molar-refractivity contribution in [3.8, 4) is 28.7 Å². The SMILES string of the molecule is CC(C)(C)c1ccnc(-n2c3ccc(-n4c5ccccc5c5ccccc54)cc3c3ccc(Oc4cccc(-n5cnc6ccccc65)c4)cc32)c1. The first kappa shape index (κ1) is 30.2. The number of ether oxygens (including phenoxy) is 1. The highest BCUT2D eigenvalue weighted by Crippen LogP contribution is 2.39. The molecule has 6 heteroatoms. The van der Waals surface area contributed by atoms with Crippen LogP contribution >= 0.6 is 0 Å². The van der Waals surface area contributed by atoms with Crippen LogP contribution in [0.15, 0.2) is 158 Å². The largest absolute Gasteiger partial charge is 0.457 e. The molecule has 0 unspecified atom stereocenters. The van der Waals surface area contributed by atoms with Gasteiger partial charge in [-0.2, -0.15) is 0 Å². The van der Waals surface area contributed by atoms with Crippen LogP contribution in [0.4, 0.5) is 0 Å². The van der Waals surface area contributed by atoms with Crippen LogP contribution in [0.5, 0.6) is 11.5 Å². The third-order valence-corrected chi connectivity index (χ3v) is 10.2. The van der Waals surface area contributed by atoms with E-state index >= 15 is 0 Å². The Morgan fingerprint density at radius 3 is 1.96 bits per heavy atom. The van der Waals surface area contributed by atoms with Crippen molar-refractivity contribution >= 4 is 54.6 Å². The molecule has 6 nitrogen and oxygen atoms in total. The fourth-order valence-corrected chi connectivity index (χ4v) is 7.64. The van der Waals surface area contributed by atoms with Crippen molar-refractivity contribution in [1.82, 2.24) is 23.7 Å². The third-order valence-electron chi connectivity index (χ3n) is 10.2. The second kappa shape index (κ2) is 11.4. The van der Waals surface area contributed by atoms with Gasteiger partial charge in [0.1, 0.15) is 23.6 Å². The van der Waals surface area contributed by atoms with Crippen molar-refractivity contribution in [1.29, 1.82) is 0 Å². The third kappa shape index (κ3) is 4.79. The molecule has 52 heavy (non-hydrogen) atoms. The molecular weight excluding hydrogens is 639 g/mol. The number of hydrogen-bond donors (Lipinski definition) is 0. The number of fused-ring (bicyclic) bond motifs is 7. The highest BCUT2D eigenvalue weighted by molar-refractivity contribution is 6.12. The lowest BCUT2D eigenvalue weighted by Crippen LogP contribution is -2.12. The van der Waals surface area contributed by atoms with E-state index in [1.54, 1.807) is 0 Å². The van der Waals surface area contributed by atoms with E-state index in [1.807, 2.05) is 42.9 Å². The summed E-state index contributed by atoms with van der Waals surface area (Å²) in [6.07, 6.45) is 3.78. The van der Waals surface area contributed by atoms with E-state index in [4.69, 9.17) is 9.72 Å². The van der Waals surface area contributed by atoms with Crippen LogP contribution < -0.4 is 4.74 Å². The summed E-state index contributed by atoms with van der Waals surface area (Å²) in [5.74, 6) is 2.38. The van der Waals surface area contributed by atoms with Crippen LogP contribution in [0.1, 0.15) is 26.3 Å². The van der Waals surface area contributed by atoms with Crippen molar-refractivity contribution in [2.24, 2.45) is 0 Å². The van der Waals surface area contributed by atoms with E-state index in [2.05, 4.69) is 155 Å². The van der Waals surface area contributed by atoms with Crippen molar-refractivity contribution < 1.29 is 4.74 Å². The van der Waals surface area contributed by atoms with E-state index in [1.165, 1.54) is 27.4 Å². The van der Waals surface area contributed by atoms with Crippen molar-refractivity contribution in [2.75, 3.05) is 0 Å². The lowest BCUT2D eigenvalue weighted by atomic mass is 9.88. The van der Waals surface area contributed by atoms with Gasteiger partial charge in [-0.3, -0.25) is 9.13 Å². The van der Waals surface area contributed by atoms with Gasteiger partial charge in [0.25, 0.3) is 0 Å². The second-order valence-electron chi connectivity index (χ2n) is 14.4. The Balaban J connectivity index is 1.15. The molecule has 0 aliphatic carbocycles. The minimum atomic E-state index is -0.0278. The summed E-state index contributed by atoms with van der Waals surface area (Å²) in [7, 11) is 0. The van der Waals surface area contributed by atoms with Gasteiger partial charge in [-0.25, -0.2) is 9.97 Å². The Morgan fingerprint density at radius 2 is 1.17 bits per heavy atom. The molecule has 0 N–H and O–H groups in total. The number of hydrogen-bond acceptors (Lipinski definition) is 3. The highest BCUT2D eigenvalue weighted by atomic mass is 16.5. The summed E-state index contributed by atoms with van der Waals surface area (Å²) in [6, 6.07) is 51.1. The summed E-state index contributed by atoms with van der Waals surface area (Å²) in [4.78, 5) is 9.52. The average Bonchev–Trinajstić information content (AvgIpc) is 3.84. The summed E-state index contributed by atoms with van der Waals surface area (Å²) in [5.41, 5.74) is 9.80. The maximum atomic E-state index is 6.61. The first-order valence-electron chi connectivity index (χ1n) is 17.6. The fraction of sp³-hybridized carbons (Fsp3) is 0.0870. The van der Waals surface area contributed by atoms with Gasteiger partial charge in [0.15, 0.2) is 0 Å². The van der Waals surface area contributed by atoms with E-state index in [0.29, 0.717) is 0 Å². The van der Waals surface area contributed by atoms with E-state index in [-0.39, 0.29) is 5.41 Å². The molecule has 0 saturated heterocycles. The maximum Gasteiger partial charge on any atom is 0.137 e. The molecule has 0 amide bonds. The van der Waals surface area contributed by atoms with Crippen LogP contribution in [-0.4, -0.2) is 23.7 Å². The summed E-state index contributed by atoms with van der Waals surface area (Å²) in [6.45, 7) is 6.72. The summed E-state index contributed by atoms with van der Waals surface area (Å²) < 4.78 is 13.3. The first-order valence-corrected chi connectivity index (χ1v) is 17.6. The molecule has 6 aromatic carbocycles. The quantitative estimate of drug-likeness (QED) is 0.183. The standard InChI is InChI=1S/C46H35N5O/c1-46(2,3)30-23-24-47-45(25-30)51-42-22-19-32(50-40-16-7-4-13-35(40)36-14-5-8-17-41(36)50)27-38(42)37-21-20-34(28-44(37)51)52-33-12-10-11-31(26-33)49-29-48-39-15-6-9-18-43(39)49/h4-29H,1-3H3. The zero-order valence-corrected chi connectivity index (χ0v) is 29.2. The zero-order chi connectivity index (χ0) is 35.0. The Bertz CT molecular complexity index is 2940. The number of benzene rings is 6. The van der Waals surface area contributed by atoms with Gasteiger partial charge in [0.2, 0.25) is 0 Å². The number of nitrogens with zero attached hydrogens (tertiary/aromatic N) is 5. The summed E-state index contributed by atoms with van der Waals surface area (Å²) >= 11 is 0. The number of rotatable bonds is 5. The summed E-state index contributed by atoms with van der Waals surface area (Å²) in [5, 5.41) is 4.77. The molecule has 0 bridgehead atoms. The molecule has 0 saturated carbocycles. The lowest BCUT2D eigenvalue weighted by Gasteiger charge is -2.20. The van der Waals surface area contributed by atoms with E-state index in [0.717, 1.165) is 61.5 Å². The minimum absolute atomic E-state index is 0.0278. The zero-order valence-electron chi connectivity index (χ0n) is 29.2. The Labute approximate surface area is 300 Å². The van der Waals surface area contributed by atoms with E-state index < -0.39 is 0 Å². The molecule has 4 aromatic heterocycles. The monoisotopic (exact) mass is 673 g/mol. The molecule has 10 aromatic rings. The van der Waals surface area contributed by atoms with Gasteiger partial charge in [-0.05, 0) is 89.8 Å². The van der Waals surface area contributed by atoms with Gasteiger partial charge < -0.3 is 9.30 Å². The smallest absolute Gasteiger partial charge is 0.137 e. The molecule has 10 rings (SSSR count). The number of pyridine rings is 1. The van der Waals surface area contributed by atoms with Crippen LogP contribution in [0.25, 0.3) is 71.8 Å². The molecule has 0 aliphatic heterocycles. The van der Waals surface area contributed by atoms with Crippen LogP contribution in [-0.2, 0) is 5.41 Å². The lowest BCUT2D eigenvalue weighted by molar-refractivity contribution is 0.483. The van der Waals surface area contributed by atoms with Gasteiger partial charge in [0.05, 0.1) is 38.8 Å². The Morgan fingerprint density at radius 1 is 0.481 bits per heavy atom. The van der Waals surface area contributed by atoms with Gasteiger partial charge in [-0.15, -0.1) is 0 Å². The fourth-order valence-electron chi connectivity index (χ4n) is 7.64. The van der Waals surface area contributed by atoms with Crippen LogP contribution in [0, 0.1) is 0 Å². The first-order chi connectivity index (χ1) is 25.4. The predicted molar refractivity (Wildman–Crippen MR) is 213 cm³/mol. The van der Waals surface area contributed by atoms with Crippen molar-refractivity contribution in [2.45, 2.75) is 26.2 Å².